The Morgan fingerprint density at radius 3 is 2.56 bits per heavy atom. The van der Waals surface area contributed by atoms with E-state index in [0.717, 1.165) is 16.5 Å². The lowest BCUT2D eigenvalue weighted by atomic mass is 10.0. The summed E-state index contributed by atoms with van der Waals surface area (Å²) in [6, 6.07) is 8.01. The van der Waals surface area contributed by atoms with Gasteiger partial charge in [-0.3, -0.25) is 4.79 Å². The van der Waals surface area contributed by atoms with Gasteiger partial charge in [-0.1, -0.05) is 35.0 Å². The van der Waals surface area contributed by atoms with Crippen molar-refractivity contribution in [2.75, 3.05) is 13.7 Å². The summed E-state index contributed by atoms with van der Waals surface area (Å²) < 4.78 is 5.82. The number of carbonyl (C=O) groups is 1. The molecule has 0 saturated heterocycles. The first-order chi connectivity index (χ1) is 7.67. The standard InChI is InChI=1S/C12H16BrNO2/c1-3-11(14-12(15)8-16-2)9-4-6-10(13)7-5-9/h4-7,11H,3,8H2,1-2H3,(H,14,15). The van der Waals surface area contributed by atoms with Gasteiger partial charge in [-0.05, 0) is 24.1 Å². The third-order valence-corrected chi connectivity index (χ3v) is 2.82. The first-order valence-corrected chi connectivity index (χ1v) is 6.00. The van der Waals surface area contributed by atoms with E-state index in [1.165, 1.54) is 7.11 Å². The molecule has 0 radical (unpaired) electrons. The third kappa shape index (κ3) is 3.94. The number of methoxy groups -OCH3 is 1. The molecule has 3 nitrogen and oxygen atoms in total. The van der Waals surface area contributed by atoms with E-state index in [-0.39, 0.29) is 18.6 Å². The molecule has 88 valence electrons. The molecule has 1 rings (SSSR count). The quantitative estimate of drug-likeness (QED) is 0.903. The molecule has 0 saturated carbocycles. The van der Waals surface area contributed by atoms with Crippen molar-refractivity contribution in [2.45, 2.75) is 19.4 Å². The lowest BCUT2D eigenvalue weighted by Crippen LogP contribution is -2.31. The number of halogens is 1. The Morgan fingerprint density at radius 1 is 1.44 bits per heavy atom. The van der Waals surface area contributed by atoms with Crippen molar-refractivity contribution < 1.29 is 9.53 Å². The molecule has 4 heteroatoms. The Bertz CT molecular complexity index is 337. The van der Waals surface area contributed by atoms with Crippen molar-refractivity contribution in [1.82, 2.24) is 5.32 Å². The van der Waals surface area contributed by atoms with Gasteiger partial charge in [-0.15, -0.1) is 0 Å². The second-order valence-corrected chi connectivity index (χ2v) is 4.43. The van der Waals surface area contributed by atoms with Gasteiger partial charge in [0.25, 0.3) is 0 Å². The highest BCUT2D eigenvalue weighted by Gasteiger charge is 2.11. The molecule has 1 amide bonds. The molecule has 0 bridgehead atoms. The summed E-state index contributed by atoms with van der Waals surface area (Å²) in [4.78, 5) is 11.4. The molecule has 0 aromatic heterocycles. The fraction of sp³-hybridized carbons (Fsp3) is 0.417. The van der Waals surface area contributed by atoms with Crippen LogP contribution in [0.4, 0.5) is 0 Å². The molecule has 1 N–H and O–H groups in total. The van der Waals surface area contributed by atoms with E-state index in [1.54, 1.807) is 0 Å². The monoisotopic (exact) mass is 285 g/mol. The Hall–Kier alpha value is -0.870. The maximum atomic E-state index is 11.4. The molecule has 1 unspecified atom stereocenters. The second-order valence-electron chi connectivity index (χ2n) is 3.51. The van der Waals surface area contributed by atoms with Crippen LogP contribution in [0.1, 0.15) is 24.9 Å². The number of carbonyl (C=O) groups excluding carboxylic acids is 1. The zero-order valence-electron chi connectivity index (χ0n) is 9.50. The summed E-state index contributed by atoms with van der Waals surface area (Å²) in [6.07, 6.45) is 0.858. The summed E-state index contributed by atoms with van der Waals surface area (Å²) in [7, 11) is 1.51. The Balaban J connectivity index is 2.67. The predicted molar refractivity (Wildman–Crippen MR) is 67.2 cm³/mol. The molecule has 1 aromatic carbocycles. The second kappa shape index (κ2) is 6.66. The van der Waals surface area contributed by atoms with Gasteiger partial charge in [0.05, 0.1) is 6.04 Å². The van der Waals surface area contributed by atoms with Crippen LogP contribution in [-0.4, -0.2) is 19.6 Å². The van der Waals surface area contributed by atoms with Crippen LogP contribution in [0.3, 0.4) is 0 Å². The van der Waals surface area contributed by atoms with Crippen LogP contribution in [-0.2, 0) is 9.53 Å². The van der Waals surface area contributed by atoms with E-state index in [2.05, 4.69) is 21.2 Å². The van der Waals surface area contributed by atoms with Crippen LogP contribution in [0.5, 0.6) is 0 Å². The molecule has 0 aliphatic heterocycles. The first kappa shape index (κ1) is 13.2. The minimum absolute atomic E-state index is 0.0516. The fourth-order valence-electron chi connectivity index (χ4n) is 1.48. The normalized spacial score (nSPS) is 12.2. The van der Waals surface area contributed by atoms with E-state index in [0.29, 0.717) is 0 Å². The number of hydrogen-bond acceptors (Lipinski definition) is 2. The average Bonchev–Trinajstić information content (AvgIpc) is 2.27. The predicted octanol–water partition coefficient (Wildman–Crippen LogP) is 2.66. The van der Waals surface area contributed by atoms with Gasteiger partial charge in [-0.25, -0.2) is 0 Å². The summed E-state index contributed by atoms with van der Waals surface area (Å²) >= 11 is 3.38. The molecule has 0 aliphatic rings. The zero-order valence-corrected chi connectivity index (χ0v) is 11.1. The van der Waals surface area contributed by atoms with Crippen molar-refractivity contribution in [1.29, 1.82) is 0 Å². The average molecular weight is 286 g/mol. The molecular weight excluding hydrogens is 270 g/mol. The maximum absolute atomic E-state index is 11.4. The van der Waals surface area contributed by atoms with E-state index in [1.807, 2.05) is 31.2 Å². The summed E-state index contributed by atoms with van der Waals surface area (Å²) in [6.45, 7) is 2.15. The fourth-order valence-corrected chi connectivity index (χ4v) is 1.75. The highest BCUT2D eigenvalue weighted by molar-refractivity contribution is 9.10. The van der Waals surface area contributed by atoms with Crippen molar-refractivity contribution in [3.63, 3.8) is 0 Å². The van der Waals surface area contributed by atoms with Gasteiger partial charge in [0, 0.05) is 11.6 Å². The van der Waals surface area contributed by atoms with E-state index >= 15 is 0 Å². The highest BCUT2D eigenvalue weighted by atomic mass is 79.9. The van der Waals surface area contributed by atoms with Gasteiger partial charge in [0.15, 0.2) is 0 Å². The Labute approximate surface area is 104 Å². The minimum Gasteiger partial charge on any atom is -0.375 e. The van der Waals surface area contributed by atoms with Crippen LogP contribution in [0.25, 0.3) is 0 Å². The number of benzene rings is 1. The number of rotatable bonds is 5. The lowest BCUT2D eigenvalue weighted by molar-refractivity contribution is -0.125. The van der Waals surface area contributed by atoms with Crippen molar-refractivity contribution >= 4 is 21.8 Å². The van der Waals surface area contributed by atoms with Gasteiger partial charge in [0.2, 0.25) is 5.91 Å². The Kier molecular flexibility index (Phi) is 5.49. The van der Waals surface area contributed by atoms with Crippen molar-refractivity contribution in [2.24, 2.45) is 0 Å². The number of amides is 1. The Morgan fingerprint density at radius 2 is 2.06 bits per heavy atom. The van der Waals surface area contributed by atoms with Crippen molar-refractivity contribution in [3.05, 3.63) is 34.3 Å². The maximum Gasteiger partial charge on any atom is 0.246 e. The van der Waals surface area contributed by atoms with Crippen LogP contribution < -0.4 is 5.32 Å². The molecular formula is C12H16BrNO2. The van der Waals surface area contributed by atoms with E-state index in [4.69, 9.17) is 4.74 Å². The number of ether oxygens (including phenoxy) is 1. The van der Waals surface area contributed by atoms with Gasteiger partial charge in [0.1, 0.15) is 6.61 Å². The highest BCUT2D eigenvalue weighted by Crippen LogP contribution is 2.19. The van der Waals surface area contributed by atoms with Crippen LogP contribution >= 0.6 is 15.9 Å². The SMILES string of the molecule is CCC(NC(=O)COC)c1ccc(Br)cc1. The molecule has 0 spiro atoms. The molecule has 1 atom stereocenters. The molecule has 0 heterocycles. The summed E-state index contributed by atoms with van der Waals surface area (Å²) in [5.41, 5.74) is 1.11. The van der Waals surface area contributed by atoms with Crippen LogP contribution in [0, 0.1) is 0 Å². The molecule has 1 aromatic rings. The molecule has 0 fully saturated rings. The van der Waals surface area contributed by atoms with E-state index < -0.39 is 0 Å². The van der Waals surface area contributed by atoms with Crippen LogP contribution in [0.15, 0.2) is 28.7 Å². The topological polar surface area (TPSA) is 38.3 Å². The third-order valence-electron chi connectivity index (χ3n) is 2.29. The summed E-state index contributed by atoms with van der Waals surface area (Å²) in [5, 5.41) is 2.92. The van der Waals surface area contributed by atoms with Gasteiger partial charge < -0.3 is 10.1 Å². The minimum atomic E-state index is -0.0859. The zero-order chi connectivity index (χ0) is 12.0. The van der Waals surface area contributed by atoms with Gasteiger partial charge in [-0.2, -0.15) is 0 Å². The summed E-state index contributed by atoms with van der Waals surface area (Å²) in [5.74, 6) is -0.0859. The van der Waals surface area contributed by atoms with Crippen LogP contribution in [0.2, 0.25) is 0 Å². The van der Waals surface area contributed by atoms with Gasteiger partial charge >= 0.3 is 0 Å². The smallest absolute Gasteiger partial charge is 0.246 e. The molecule has 16 heavy (non-hydrogen) atoms. The lowest BCUT2D eigenvalue weighted by Gasteiger charge is -2.17. The first-order valence-electron chi connectivity index (χ1n) is 5.21. The molecule has 0 aliphatic carbocycles. The number of hydrogen-bond donors (Lipinski definition) is 1. The van der Waals surface area contributed by atoms with E-state index in [9.17, 15) is 4.79 Å². The largest absolute Gasteiger partial charge is 0.375 e. The number of nitrogens with one attached hydrogen (secondary N) is 1. The van der Waals surface area contributed by atoms with Crippen molar-refractivity contribution in [3.8, 4) is 0 Å².